The van der Waals surface area contributed by atoms with E-state index in [1.807, 2.05) is 0 Å². The van der Waals surface area contributed by atoms with Gasteiger partial charge in [-0.1, -0.05) is 6.07 Å². The molecule has 23 heavy (non-hydrogen) atoms. The van der Waals surface area contributed by atoms with Crippen molar-refractivity contribution in [2.75, 3.05) is 39.4 Å². The van der Waals surface area contributed by atoms with Gasteiger partial charge < -0.3 is 10.1 Å². The lowest BCUT2D eigenvalue weighted by Crippen LogP contribution is -2.39. The third kappa shape index (κ3) is 6.55. The van der Waals surface area contributed by atoms with E-state index in [2.05, 4.69) is 20.7 Å². The van der Waals surface area contributed by atoms with E-state index < -0.39 is 11.6 Å². The minimum atomic E-state index is -0.905. The molecular weight excluding hydrogens is 322 g/mol. The fourth-order valence-corrected chi connectivity index (χ4v) is 2.28. The van der Waals surface area contributed by atoms with Gasteiger partial charge in [-0.3, -0.25) is 10.3 Å². The number of hydrazone groups is 1. The summed E-state index contributed by atoms with van der Waals surface area (Å²) in [5.74, 6) is -1.79. The first-order chi connectivity index (χ1) is 11.1. The van der Waals surface area contributed by atoms with Gasteiger partial charge in [-0.05, 0) is 42.9 Å². The van der Waals surface area contributed by atoms with E-state index in [1.165, 1.54) is 12.3 Å². The zero-order valence-electron chi connectivity index (χ0n) is 12.7. The van der Waals surface area contributed by atoms with Crippen LogP contribution in [0.25, 0.3) is 0 Å². The van der Waals surface area contributed by atoms with Crippen molar-refractivity contribution >= 4 is 23.5 Å². The van der Waals surface area contributed by atoms with E-state index in [-0.39, 0.29) is 0 Å². The lowest BCUT2D eigenvalue weighted by Gasteiger charge is -2.26. The van der Waals surface area contributed by atoms with Crippen molar-refractivity contribution in [2.24, 2.45) is 5.10 Å². The van der Waals surface area contributed by atoms with Crippen molar-refractivity contribution < 1.29 is 13.5 Å². The summed E-state index contributed by atoms with van der Waals surface area (Å²) < 4.78 is 31.1. The summed E-state index contributed by atoms with van der Waals surface area (Å²) in [6.07, 6.45) is 2.35. The Labute approximate surface area is 139 Å². The fraction of sp³-hybridized carbons (Fsp3) is 0.467. The molecule has 1 saturated heterocycles. The first-order valence-electron chi connectivity index (χ1n) is 7.47. The van der Waals surface area contributed by atoms with Gasteiger partial charge in [-0.25, -0.2) is 8.78 Å². The van der Waals surface area contributed by atoms with Crippen molar-refractivity contribution in [2.45, 2.75) is 6.42 Å². The summed E-state index contributed by atoms with van der Waals surface area (Å²) in [5.41, 5.74) is 3.09. The van der Waals surface area contributed by atoms with E-state index in [1.54, 1.807) is 0 Å². The van der Waals surface area contributed by atoms with Crippen LogP contribution in [0.2, 0.25) is 0 Å². The van der Waals surface area contributed by atoms with E-state index >= 15 is 0 Å². The number of halogens is 2. The molecule has 2 N–H and O–H groups in total. The molecule has 1 fully saturated rings. The quantitative estimate of drug-likeness (QED) is 0.355. The van der Waals surface area contributed by atoms with Crippen molar-refractivity contribution in [3.8, 4) is 0 Å². The van der Waals surface area contributed by atoms with Crippen LogP contribution in [0, 0.1) is 11.6 Å². The Bertz CT molecular complexity index is 550. The summed E-state index contributed by atoms with van der Waals surface area (Å²) in [6, 6.07) is 3.56. The van der Waals surface area contributed by atoms with Gasteiger partial charge in [-0.15, -0.1) is 0 Å². The van der Waals surface area contributed by atoms with Gasteiger partial charge in [0.05, 0.1) is 19.4 Å². The van der Waals surface area contributed by atoms with Crippen LogP contribution in [-0.2, 0) is 4.74 Å². The number of hydrogen-bond donors (Lipinski definition) is 2. The molecule has 2 rings (SSSR count). The standard InChI is InChI=1S/C15H20F2N4OS/c16-13-3-2-12(10-14(13)17)11-19-20-15(23)18-4-1-5-21-6-8-22-9-7-21/h2-3,10-11H,1,4-9H2,(H2,18,20,23)/b19-11-. The Hall–Kier alpha value is -1.64. The monoisotopic (exact) mass is 342 g/mol. The number of hydrogen-bond acceptors (Lipinski definition) is 4. The average molecular weight is 342 g/mol. The summed E-state index contributed by atoms with van der Waals surface area (Å²) in [4.78, 5) is 2.35. The molecular formula is C15H20F2N4OS. The molecule has 1 heterocycles. The maximum Gasteiger partial charge on any atom is 0.186 e. The highest BCUT2D eigenvalue weighted by Gasteiger charge is 2.09. The largest absolute Gasteiger partial charge is 0.379 e. The number of ether oxygens (including phenoxy) is 1. The molecule has 0 amide bonds. The van der Waals surface area contributed by atoms with E-state index in [9.17, 15) is 8.78 Å². The number of thiocarbonyl (C=S) groups is 1. The van der Waals surface area contributed by atoms with Crippen LogP contribution in [0.5, 0.6) is 0 Å². The smallest absolute Gasteiger partial charge is 0.186 e. The molecule has 1 aromatic rings. The second-order valence-electron chi connectivity index (χ2n) is 5.11. The Morgan fingerprint density at radius 3 is 2.83 bits per heavy atom. The Balaban J connectivity index is 1.60. The highest BCUT2D eigenvalue weighted by molar-refractivity contribution is 7.80. The van der Waals surface area contributed by atoms with Crippen LogP contribution in [-0.4, -0.2) is 55.6 Å². The third-order valence-corrected chi connectivity index (χ3v) is 3.60. The van der Waals surface area contributed by atoms with Gasteiger partial charge in [-0.2, -0.15) is 5.10 Å². The van der Waals surface area contributed by atoms with Gasteiger partial charge in [0.1, 0.15) is 0 Å². The zero-order chi connectivity index (χ0) is 16.5. The van der Waals surface area contributed by atoms with Gasteiger partial charge in [0, 0.05) is 19.6 Å². The molecule has 0 spiro atoms. The van der Waals surface area contributed by atoms with Crippen LogP contribution in [0.1, 0.15) is 12.0 Å². The molecule has 1 aliphatic heterocycles. The zero-order valence-corrected chi connectivity index (χ0v) is 13.5. The number of nitrogens with one attached hydrogen (secondary N) is 2. The van der Waals surface area contributed by atoms with Crippen LogP contribution in [0.3, 0.4) is 0 Å². The normalized spacial score (nSPS) is 15.7. The first kappa shape index (κ1) is 17.7. The molecule has 0 bridgehead atoms. The maximum atomic E-state index is 13.0. The fourth-order valence-electron chi connectivity index (χ4n) is 2.13. The van der Waals surface area contributed by atoms with Crippen LogP contribution in [0.15, 0.2) is 23.3 Å². The molecule has 0 unspecified atom stereocenters. The molecule has 0 atom stereocenters. The van der Waals surface area contributed by atoms with Crippen molar-refractivity contribution in [3.05, 3.63) is 35.4 Å². The number of morpholine rings is 1. The van der Waals surface area contributed by atoms with Gasteiger partial charge in [0.2, 0.25) is 0 Å². The Morgan fingerprint density at radius 1 is 1.30 bits per heavy atom. The number of rotatable bonds is 6. The molecule has 1 aliphatic rings. The van der Waals surface area contributed by atoms with Crippen LogP contribution in [0.4, 0.5) is 8.78 Å². The number of benzene rings is 1. The average Bonchev–Trinajstić information content (AvgIpc) is 2.56. The van der Waals surface area contributed by atoms with E-state index in [4.69, 9.17) is 17.0 Å². The van der Waals surface area contributed by atoms with Crippen LogP contribution >= 0.6 is 12.2 Å². The molecule has 5 nitrogen and oxygen atoms in total. The third-order valence-electron chi connectivity index (χ3n) is 3.36. The van der Waals surface area contributed by atoms with E-state index in [0.717, 1.165) is 57.9 Å². The predicted octanol–water partition coefficient (Wildman–Crippen LogP) is 1.49. The van der Waals surface area contributed by atoms with Crippen molar-refractivity contribution in [1.82, 2.24) is 15.6 Å². The highest BCUT2D eigenvalue weighted by atomic mass is 32.1. The highest BCUT2D eigenvalue weighted by Crippen LogP contribution is 2.06. The van der Waals surface area contributed by atoms with Gasteiger partial charge >= 0.3 is 0 Å². The summed E-state index contributed by atoms with van der Waals surface area (Å²) in [5, 5.41) is 7.32. The van der Waals surface area contributed by atoms with Gasteiger partial charge in [0.25, 0.3) is 0 Å². The van der Waals surface area contributed by atoms with Crippen molar-refractivity contribution in [1.29, 1.82) is 0 Å². The van der Waals surface area contributed by atoms with Crippen molar-refractivity contribution in [3.63, 3.8) is 0 Å². The molecule has 0 saturated carbocycles. The minimum absolute atomic E-state index is 0.394. The van der Waals surface area contributed by atoms with Gasteiger partial charge in [0.15, 0.2) is 16.7 Å². The molecule has 126 valence electrons. The Kier molecular flexibility index (Phi) is 7.31. The lowest BCUT2D eigenvalue weighted by molar-refractivity contribution is 0.0376. The van der Waals surface area contributed by atoms with Crippen LogP contribution < -0.4 is 10.7 Å². The Morgan fingerprint density at radius 2 is 2.09 bits per heavy atom. The molecule has 1 aromatic carbocycles. The van der Waals surface area contributed by atoms with E-state index in [0.29, 0.717) is 10.7 Å². The molecule has 8 heteroatoms. The SMILES string of the molecule is Fc1ccc(/C=N\NC(=S)NCCCN2CCOCC2)cc1F. The minimum Gasteiger partial charge on any atom is -0.379 e. The second-order valence-corrected chi connectivity index (χ2v) is 5.52. The summed E-state index contributed by atoms with van der Waals surface area (Å²) >= 11 is 5.08. The molecule has 0 aromatic heterocycles. The predicted molar refractivity (Wildman–Crippen MR) is 89.6 cm³/mol. The molecule has 0 radical (unpaired) electrons. The summed E-state index contributed by atoms with van der Waals surface area (Å²) in [6.45, 7) is 5.28. The lowest BCUT2D eigenvalue weighted by atomic mass is 10.2. The summed E-state index contributed by atoms with van der Waals surface area (Å²) in [7, 11) is 0. The maximum absolute atomic E-state index is 13.0. The first-order valence-corrected chi connectivity index (χ1v) is 7.88. The molecule has 0 aliphatic carbocycles. The number of nitrogens with zero attached hydrogens (tertiary/aromatic N) is 2. The second kappa shape index (κ2) is 9.49. The topological polar surface area (TPSA) is 48.9 Å².